The molecule has 2 N–H and O–H groups in total. The monoisotopic (exact) mass is 269 g/mol. The van der Waals surface area contributed by atoms with Crippen molar-refractivity contribution in [1.82, 2.24) is 0 Å². The summed E-state index contributed by atoms with van der Waals surface area (Å²) in [5.41, 5.74) is 6.39. The molecule has 2 aromatic carbocycles. The van der Waals surface area contributed by atoms with E-state index in [0.29, 0.717) is 11.1 Å². The Kier molecular flexibility index (Phi) is 3.57. The first kappa shape index (κ1) is 13.5. The molecule has 0 aromatic heterocycles. The minimum atomic E-state index is -1.56. The van der Waals surface area contributed by atoms with Crippen molar-refractivity contribution >= 4 is 0 Å². The molecule has 1 atom stereocenters. The minimum Gasteiger partial charge on any atom is -0.320 e. The number of aryl methyl sites for hydroxylation is 1. The molecule has 0 heterocycles. The number of halogens is 4. The van der Waals surface area contributed by atoms with Crippen molar-refractivity contribution < 1.29 is 17.6 Å². The van der Waals surface area contributed by atoms with Crippen LogP contribution in [0.1, 0.15) is 22.7 Å². The zero-order valence-corrected chi connectivity index (χ0v) is 10.1. The topological polar surface area (TPSA) is 26.0 Å². The molecule has 5 heteroatoms. The quantitative estimate of drug-likeness (QED) is 0.654. The van der Waals surface area contributed by atoms with Crippen LogP contribution in [0.3, 0.4) is 0 Å². The van der Waals surface area contributed by atoms with E-state index in [1.165, 1.54) is 25.1 Å². The smallest absolute Gasteiger partial charge is 0.194 e. The van der Waals surface area contributed by atoms with E-state index in [9.17, 15) is 17.6 Å². The molecule has 100 valence electrons. The highest BCUT2D eigenvalue weighted by atomic mass is 19.2. The van der Waals surface area contributed by atoms with Crippen molar-refractivity contribution in [3.8, 4) is 0 Å². The highest BCUT2D eigenvalue weighted by Crippen LogP contribution is 2.26. The van der Waals surface area contributed by atoms with E-state index < -0.39 is 29.3 Å². The first-order valence-corrected chi connectivity index (χ1v) is 5.57. The van der Waals surface area contributed by atoms with E-state index in [4.69, 9.17) is 5.73 Å². The van der Waals surface area contributed by atoms with Gasteiger partial charge in [-0.2, -0.15) is 0 Å². The molecule has 2 aromatic rings. The summed E-state index contributed by atoms with van der Waals surface area (Å²) in [4.78, 5) is 0. The highest BCUT2D eigenvalue weighted by molar-refractivity contribution is 5.35. The van der Waals surface area contributed by atoms with E-state index >= 15 is 0 Å². The Hall–Kier alpha value is -1.88. The van der Waals surface area contributed by atoms with Gasteiger partial charge in [0.2, 0.25) is 0 Å². The van der Waals surface area contributed by atoms with Gasteiger partial charge in [-0.05, 0) is 30.2 Å². The second-order valence-corrected chi connectivity index (χ2v) is 4.25. The van der Waals surface area contributed by atoms with Gasteiger partial charge in [-0.25, -0.2) is 17.6 Å². The van der Waals surface area contributed by atoms with Gasteiger partial charge in [0.05, 0.1) is 6.04 Å². The maximum Gasteiger partial charge on any atom is 0.194 e. The predicted octanol–water partition coefficient (Wildman–Crippen LogP) is 3.60. The zero-order valence-electron chi connectivity index (χ0n) is 10.1. The molecule has 1 unspecified atom stereocenters. The number of nitrogens with two attached hydrogens (primary N) is 1. The summed E-state index contributed by atoms with van der Waals surface area (Å²) in [6.45, 7) is 1.53. The van der Waals surface area contributed by atoms with Gasteiger partial charge in [0.15, 0.2) is 17.5 Å². The Morgan fingerprint density at radius 2 is 1.53 bits per heavy atom. The van der Waals surface area contributed by atoms with Gasteiger partial charge in [0, 0.05) is 5.56 Å². The number of benzene rings is 2. The summed E-state index contributed by atoms with van der Waals surface area (Å²) in [7, 11) is 0. The summed E-state index contributed by atoms with van der Waals surface area (Å²) in [6, 6.07) is 4.92. The Bertz CT molecular complexity index is 625. The fourth-order valence-corrected chi connectivity index (χ4v) is 1.82. The van der Waals surface area contributed by atoms with Crippen LogP contribution in [0.2, 0.25) is 0 Å². The molecule has 0 saturated carbocycles. The van der Waals surface area contributed by atoms with Crippen molar-refractivity contribution in [2.24, 2.45) is 5.73 Å². The molecule has 0 aliphatic rings. The average Bonchev–Trinajstić information content (AvgIpc) is 2.39. The van der Waals surface area contributed by atoms with Gasteiger partial charge in [-0.1, -0.05) is 18.2 Å². The third-order valence-corrected chi connectivity index (χ3v) is 2.94. The molecule has 0 fully saturated rings. The normalized spacial score (nSPS) is 12.5. The van der Waals surface area contributed by atoms with Crippen molar-refractivity contribution in [3.63, 3.8) is 0 Å². The number of hydrogen-bond donors (Lipinski definition) is 1. The molecular formula is C14H11F4N. The maximum atomic E-state index is 13.6. The van der Waals surface area contributed by atoms with Crippen LogP contribution in [0, 0.1) is 30.2 Å². The predicted molar refractivity (Wildman–Crippen MR) is 63.5 cm³/mol. The van der Waals surface area contributed by atoms with E-state index in [1.54, 1.807) is 0 Å². The molecule has 0 aliphatic heterocycles. The standard InChI is InChI=1S/C14H11F4N/c1-7-6-8(2-4-10(7)15)14(19)9-3-5-11(16)13(18)12(9)17/h2-6,14H,19H2,1H3. The maximum absolute atomic E-state index is 13.6. The first-order valence-electron chi connectivity index (χ1n) is 5.57. The molecule has 0 bridgehead atoms. The van der Waals surface area contributed by atoms with Crippen LogP contribution in [0.5, 0.6) is 0 Å². The lowest BCUT2D eigenvalue weighted by molar-refractivity contribution is 0.438. The van der Waals surface area contributed by atoms with Gasteiger partial charge in [0.25, 0.3) is 0 Å². The van der Waals surface area contributed by atoms with E-state index in [-0.39, 0.29) is 5.56 Å². The van der Waals surface area contributed by atoms with Crippen molar-refractivity contribution in [2.45, 2.75) is 13.0 Å². The molecule has 19 heavy (non-hydrogen) atoms. The highest BCUT2D eigenvalue weighted by Gasteiger charge is 2.19. The third-order valence-electron chi connectivity index (χ3n) is 2.94. The van der Waals surface area contributed by atoms with Crippen molar-refractivity contribution in [1.29, 1.82) is 0 Å². The van der Waals surface area contributed by atoms with Crippen LogP contribution in [-0.2, 0) is 0 Å². The molecule has 0 aliphatic carbocycles. The van der Waals surface area contributed by atoms with Crippen LogP contribution in [-0.4, -0.2) is 0 Å². The van der Waals surface area contributed by atoms with Crippen LogP contribution in [0.25, 0.3) is 0 Å². The molecule has 0 amide bonds. The number of rotatable bonds is 2. The van der Waals surface area contributed by atoms with Gasteiger partial charge in [-0.15, -0.1) is 0 Å². The van der Waals surface area contributed by atoms with Crippen LogP contribution in [0.15, 0.2) is 30.3 Å². The minimum absolute atomic E-state index is 0.176. The fourth-order valence-electron chi connectivity index (χ4n) is 1.82. The van der Waals surface area contributed by atoms with E-state index in [1.807, 2.05) is 0 Å². The number of hydrogen-bond acceptors (Lipinski definition) is 1. The summed E-state index contributed by atoms with van der Waals surface area (Å²) in [5.74, 6) is -4.58. The Balaban J connectivity index is 2.47. The SMILES string of the molecule is Cc1cc(C(N)c2ccc(F)c(F)c2F)ccc1F. The zero-order chi connectivity index (χ0) is 14.2. The van der Waals surface area contributed by atoms with Gasteiger partial charge >= 0.3 is 0 Å². The van der Waals surface area contributed by atoms with Gasteiger partial charge in [-0.3, -0.25) is 0 Å². The van der Waals surface area contributed by atoms with Crippen LogP contribution in [0.4, 0.5) is 17.6 Å². The lowest BCUT2D eigenvalue weighted by atomic mass is 9.97. The van der Waals surface area contributed by atoms with Crippen LogP contribution < -0.4 is 5.73 Å². The largest absolute Gasteiger partial charge is 0.320 e. The lowest BCUT2D eigenvalue weighted by Gasteiger charge is -2.15. The third kappa shape index (κ3) is 2.46. The molecule has 0 saturated heterocycles. The average molecular weight is 269 g/mol. The molecular weight excluding hydrogens is 258 g/mol. The van der Waals surface area contributed by atoms with Gasteiger partial charge in [0.1, 0.15) is 5.82 Å². The summed E-state index contributed by atoms with van der Waals surface area (Å²) < 4.78 is 52.7. The fraction of sp³-hybridized carbons (Fsp3) is 0.143. The van der Waals surface area contributed by atoms with Crippen LogP contribution >= 0.6 is 0 Å². The molecule has 1 nitrogen and oxygen atoms in total. The molecule has 0 radical (unpaired) electrons. The Morgan fingerprint density at radius 3 is 2.16 bits per heavy atom. The molecule has 0 spiro atoms. The Morgan fingerprint density at radius 1 is 0.895 bits per heavy atom. The van der Waals surface area contributed by atoms with Crippen molar-refractivity contribution in [3.05, 3.63) is 70.3 Å². The van der Waals surface area contributed by atoms with E-state index in [2.05, 4.69) is 0 Å². The Labute approximate surface area is 107 Å². The lowest BCUT2D eigenvalue weighted by Crippen LogP contribution is -2.15. The second kappa shape index (κ2) is 5.01. The summed E-state index contributed by atoms with van der Waals surface area (Å²) in [6.07, 6.45) is 0. The summed E-state index contributed by atoms with van der Waals surface area (Å²) in [5, 5.41) is 0. The second-order valence-electron chi connectivity index (χ2n) is 4.25. The van der Waals surface area contributed by atoms with Crippen molar-refractivity contribution in [2.75, 3.05) is 0 Å². The first-order chi connectivity index (χ1) is 8.91. The van der Waals surface area contributed by atoms with Gasteiger partial charge < -0.3 is 5.73 Å². The summed E-state index contributed by atoms with van der Waals surface area (Å²) >= 11 is 0. The van der Waals surface area contributed by atoms with E-state index in [0.717, 1.165) is 12.1 Å². The molecule has 2 rings (SSSR count).